The van der Waals surface area contributed by atoms with Crippen LogP contribution in [0.4, 0.5) is 10.1 Å². The summed E-state index contributed by atoms with van der Waals surface area (Å²) in [5.41, 5.74) is -0.306. The van der Waals surface area contributed by atoms with Crippen molar-refractivity contribution in [3.63, 3.8) is 0 Å². The number of halogens is 1. The first-order chi connectivity index (χ1) is 7.49. The van der Waals surface area contributed by atoms with Crippen molar-refractivity contribution >= 4 is 5.69 Å². The number of hydrogen-bond donors (Lipinski definition) is 0. The quantitative estimate of drug-likeness (QED) is 0.568. The zero-order chi connectivity index (χ0) is 12.1. The van der Waals surface area contributed by atoms with E-state index in [9.17, 15) is 14.5 Å². The average Bonchev–Trinajstić information content (AvgIpc) is 2.16. The third kappa shape index (κ3) is 3.82. The molecule has 0 fully saturated rings. The number of nitrogens with zero attached hydrogens (tertiary/aromatic N) is 2. The van der Waals surface area contributed by atoms with Gasteiger partial charge in [0.15, 0.2) is 0 Å². The van der Waals surface area contributed by atoms with E-state index in [0.717, 1.165) is 12.1 Å². The lowest BCUT2D eigenvalue weighted by Gasteiger charge is -2.10. The monoisotopic (exact) mass is 228 g/mol. The van der Waals surface area contributed by atoms with Gasteiger partial charge >= 0.3 is 0 Å². The van der Waals surface area contributed by atoms with Gasteiger partial charge in [-0.1, -0.05) is 0 Å². The molecule has 0 heterocycles. The molecule has 0 atom stereocenters. The standard InChI is InChI=1S/C10H13FN2O3/c1-12(2)3-4-16-10-6-8(11)5-9(7-10)13(14)15/h5-7H,3-4H2,1-2H3. The van der Waals surface area contributed by atoms with Crippen molar-refractivity contribution < 1.29 is 14.1 Å². The Morgan fingerprint density at radius 3 is 2.69 bits per heavy atom. The van der Waals surface area contributed by atoms with Crippen LogP contribution < -0.4 is 4.74 Å². The third-order valence-electron chi connectivity index (χ3n) is 1.87. The molecule has 1 rings (SSSR count). The van der Waals surface area contributed by atoms with Gasteiger partial charge in [0.1, 0.15) is 18.2 Å². The Hall–Kier alpha value is -1.69. The van der Waals surface area contributed by atoms with Gasteiger partial charge in [-0.2, -0.15) is 0 Å². The first-order valence-electron chi connectivity index (χ1n) is 4.71. The van der Waals surface area contributed by atoms with Gasteiger partial charge in [0.05, 0.1) is 17.1 Å². The molecule has 6 heteroatoms. The summed E-state index contributed by atoms with van der Waals surface area (Å²) in [5.74, 6) is -0.498. The van der Waals surface area contributed by atoms with E-state index in [1.54, 1.807) is 0 Å². The zero-order valence-corrected chi connectivity index (χ0v) is 9.14. The van der Waals surface area contributed by atoms with Crippen LogP contribution in [0.5, 0.6) is 5.75 Å². The number of benzene rings is 1. The van der Waals surface area contributed by atoms with Crippen molar-refractivity contribution in [1.29, 1.82) is 0 Å². The van der Waals surface area contributed by atoms with Gasteiger partial charge in [-0.3, -0.25) is 10.1 Å². The lowest BCUT2D eigenvalue weighted by molar-refractivity contribution is -0.385. The van der Waals surface area contributed by atoms with E-state index in [1.807, 2.05) is 19.0 Å². The van der Waals surface area contributed by atoms with Crippen LogP contribution in [0.2, 0.25) is 0 Å². The molecule has 0 saturated heterocycles. The highest BCUT2D eigenvalue weighted by Gasteiger charge is 2.10. The van der Waals surface area contributed by atoms with Crippen LogP contribution in [-0.4, -0.2) is 37.1 Å². The zero-order valence-electron chi connectivity index (χ0n) is 9.14. The fraction of sp³-hybridized carbons (Fsp3) is 0.400. The Balaban J connectivity index is 2.69. The van der Waals surface area contributed by atoms with Gasteiger partial charge < -0.3 is 9.64 Å². The molecule has 0 aliphatic heterocycles. The average molecular weight is 228 g/mol. The Kier molecular flexibility index (Phi) is 4.19. The second kappa shape index (κ2) is 5.41. The van der Waals surface area contributed by atoms with Crippen LogP contribution in [-0.2, 0) is 0 Å². The summed E-state index contributed by atoms with van der Waals surface area (Å²) in [7, 11) is 3.74. The number of ether oxygens (including phenoxy) is 1. The third-order valence-corrected chi connectivity index (χ3v) is 1.87. The van der Waals surface area contributed by atoms with Gasteiger partial charge in [-0.25, -0.2) is 4.39 Å². The first kappa shape index (κ1) is 12.4. The highest BCUT2D eigenvalue weighted by Crippen LogP contribution is 2.21. The van der Waals surface area contributed by atoms with E-state index >= 15 is 0 Å². The van der Waals surface area contributed by atoms with Gasteiger partial charge in [-0.15, -0.1) is 0 Å². The summed E-state index contributed by atoms with van der Waals surface area (Å²) in [6.45, 7) is 1.01. The maximum absolute atomic E-state index is 13.0. The predicted octanol–water partition coefficient (Wildman–Crippen LogP) is 1.67. The predicted molar refractivity (Wildman–Crippen MR) is 57.1 cm³/mol. The molecule has 88 valence electrons. The SMILES string of the molecule is CN(C)CCOc1cc(F)cc([N+](=O)[O-])c1. The van der Waals surface area contributed by atoms with Crippen LogP contribution in [0.1, 0.15) is 0 Å². The molecule has 0 bridgehead atoms. The first-order valence-corrected chi connectivity index (χ1v) is 4.71. The molecule has 0 aliphatic carbocycles. The molecule has 0 unspecified atom stereocenters. The van der Waals surface area contributed by atoms with Gasteiger partial charge in [0.2, 0.25) is 0 Å². The fourth-order valence-corrected chi connectivity index (χ4v) is 1.08. The van der Waals surface area contributed by atoms with Crippen molar-refractivity contribution in [2.75, 3.05) is 27.2 Å². The normalized spacial score (nSPS) is 10.5. The topological polar surface area (TPSA) is 55.6 Å². The van der Waals surface area contributed by atoms with Crippen LogP contribution in [0.3, 0.4) is 0 Å². The van der Waals surface area contributed by atoms with Crippen molar-refractivity contribution in [1.82, 2.24) is 4.90 Å². The van der Waals surface area contributed by atoms with Gasteiger partial charge in [0, 0.05) is 12.6 Å². The molecule has 0 radical (unpaired) electrons. The second-order valence-electron chi connectivity index (χ2n) is 3.55. The molecular formula is C10H13FN2O3. The van der Waals surface area contributed by atoms with Gasteiger partial charge in [-0.05, 0) is 14.1 Å². The highest BCUT2D eigenvalue weighted by atomic mass is 19.1. The summed E-state index contributed by atoms with van der Waals surface area (Å²) in [4.78, 5) is 11.7. The smallest absolute Gasteiger partial charge is 0.276 e. The minimum absolute atomic E-state index is 0.175. The molecule has 0 aliphatic rings. The fourth-order valence-electron chi connectivity index (χ4n) is 1.08. The lowest BCUT2D eigenvalue weighted by atomic mass is 10.3. The Bertz CT molecular complexity index is 382. The number of rotatable bonds is 5. The summed E-state index contributed by atoms with van der Waals surface area (Å²) < 4.78 is 18.2. The van der Waals surface area contributed by atoms with Crippen molar-refractivity contribution in [2.45, 2.75) is 0 Å². The molecule has 1 aromatic rings. The van der Waals surface area contributed by atoms with Crippen molar-refractivity contribution in [3.05, 3.63) is 34.1 Å². The Morgan fingerprint density at radius 1 is 1.44 bits per heavy atom. The van der Waals surface area contributed by atoms with Crippen LogP contribution in [0.25, 0.3) is 0 Å². The maximum atomic E-state index is 13.0. The molecule has 1 aromatic carbocycles. The second-order valence-corrected chi connectivity index (χ2v) is 3.55. The largest absolute Gasteiger partial charge is 0.492 e. The van der Waals surface area contributed by atoms with E-state index in [4.69, 9.17) is 4.74 Å². The van der Waals surface area contributed by atoms with E-state index < -0.39 is 10.7 Å². The van der Waals surface area contributed by atoms with E-state index in [1.165, 1.54) is 6.07 Å². The Labute approximate surface area is 92.6 Å². The number of nitro groups is 1. The van der Waals surface area contributed by atoms with Crippen LogP contribution >= 0.6 is 0 Å². The van der Waals surface area contributed by atoms with Crippen LogP contribution in [0, 0.1) is 15.9 Å². The molecule has 16 heavy (non-hydrogen) atoms. The van der Waals surface area contributed by atoms with E-state index in [2.05, 4.69) is 0 Å². The number of non-ortho nitro benzene ring substituents is 1. The molecule has 0 saturated carbocycles. The molecule has 0 amide bonds. The summed E-state index contributed by atoms with van der Waals surface area (Å²) in [6.07, 6.45) is 0. The number of nitro benzene ring substituents is 1. The van der Waals surface area contributed by atoms with Crippen molar-refractivity contribution in [3.8, 4) is 5.75 Å². The molecule has 5 nitrogen and oxygen atoms in total. The lowest BCUT2D eigenvalue weighted by Crippen LogP contribution is -2.19. The van der Waals surface area contributed by atoms with Gasteiger partial charge in [0.25, 0.3) is 5.69 Å². The summed E-state index contributed by atoms with van der Waals surface area (Å²) >= 11 is 0. The van der Waals surface area contributed by atoms with E-state index in [-0.39, 0.29) is 11.4 Å². The maximum Gasteiger partial charge on any atom is 0.276 e. The number of likely N-dealkylation sites (N-methyl/N-ethyl adjacent to an activating group) is 1. The minimum Gasteiger partial charge on any atom is -0.492 e. The summed E-state index contributed by atoms with van der Waals surface area (Å²) in [6, 6.07) is 3.19. The van der Waals surface area contributed by atoms with E-state index in [0.29, 0.717) is 13.2 Å². The highest BCUT2D eigenvalue weighted by molar-refractivity contribution is 5.38. The number of hydrogen-bond acceptors (Lipinski definition) is 4. The Morgan fingerprint density at radius 2 is 2.12 bits per heavy atom. The van der Waals surface area contributed by atoms with Crippen molar-refractivity contribution in [2.24, 2.45) is 0 Å². The van der Waals surface area contributed by atoms with Crippen LogP contribution in [0.15, 0.2) is 18.2 Å². The molecule has 0 aromatic heterocycles. The molecule has 0 spiro atoms. The molecular weight excluding hydrogens is 215 g/mol. The molecule has 0 N–H and O–H groups in total. The summed E-state index contributed by atoms with van der Waals surface area (Å²) in [5, 5.41) is 10.5. The minimum atomic E-state index is -0.672.